The van der Waals surface area contributed by atoms with Gasteiger partial charge in [-0.2, -0.15) is 5.10 Å². The first-order valence-corrected chi connectivity index (χ1v) is 6.44. The molecule has 1 aliphatic rings. The van der Waals surface area contributed by atoms with E-state index in [0.717, 1.165) is 18.5 Å². The number of nitrogens with zero attached hydrogens (tertiary/aromatic N) is 5. The zero-order valence-electron chi connectivity index (χ0n) is 11.1. The minimum atomic E-state index is -1.06. The first-order chi connectivity index (χ1) is 9.65. The van der Waals surface area contributed by atoms with Crippen molar-refractivity contribution >= 4 is 11.8 Å². The van der Waals surface area contributed by atoms with Gasteiger partial charge < -0.3 is 10.0 Å². The number of aromatic nitrogens is 4. The lowest BCUT2D eigenvalue weighted by molar-refractivity contribution is 0.0690. The highest BCUT2D eigenvalue weighted by Crippen LogP contribution is 2.31. The summed E-state index contributed by atoms with van der Waals surface area (Å²) in [6.45, 7) is 0.697. The van der Waals surface area contributed by atoms with E-state index in [-0.39, 0.29) is 5.69 Å². The maximum absolute atomic E-state index is 10.8. The smallest absolute Gasteiger partial charge is 0.356 e. The topological polar surface area (TPSA) is 84.1 Å². The van der Waals surface area contributed by atoms with Crippen LogP contribution in [0.2, 0.25) is 0 Å². The number of hydrogen-bond acceptors (Lipinski definition) is 5. The van der Waals surface area contributed by atoms with Crippen LogP contribution >= 0.6 is 0 Å². The first kappa shape index (κ1) is 12.6. The monoisotopic (exact) mass is 273 g/mol. The fraction of sp³-hybridized carbons (Fsp3) is 0.385. The highest BCUT2D eigenvalue weighted by Gasteiger charge is 2.30. The Morgan fingerprint density at radius 3 is 2.75 bits per heavy atom. The van der Waals surface area contributed by atoms with E-state index in [9.17, 15) is 4.79 Å². The normalized spacial score (nSPS) is 14.2. The Labute approximate surface area is 115 Å². The molecule has 0 amide bonds. The van der Waals surface area contributed by atoms with Crippen molar-refractivity contribution in [1.29, 1.82) is 0 Å². The van der Waals surface area contributed by atoms with Gasteiger partial charge in [-0.25, -0.2) is 14.8 Å². The predicted octanol–water partition coefficient (Wildman–Crippen LogP) is 1.08. The van der Waals surface area contributed by atoms with E-state index < -0.39 is 5.97 Å². The standard InChI is InChI=1S/C13H15N5O2/c1-17-10(4-5-16-17)8-18(9-2-3-9)12-7-14-11(6-15-12)13(19)20/h4-7,9H,2-3,8H2,1H3,(H,19,20). The summed E-state index contributed by atoms with van der Waals surface area (Å²) in [5.41, 5.74) is 1.05. The van der Waals surface area contributed by atoms with Crippen LogP contribution in [0.15, 0.2) is 24.7 Å². The molecule has 20 heavy (non-hydrogen) atoms. The van der Waals surface area contributed by atoms with E-state index in [1.807, 2.05) is 17.8 Å². The molecule has 0 atom stereocenters. The molecular weight excluding hydrogens is 258 g/mol. The molecule has 0 saturated heterocycles. The van der Waals surface area contributed by atoms with Crippen LogP contribution in [0.5, 0.6) is 0 Å². The average molecular weight is 273 g/mol. The maximum Gasteiger partial charge on any atom is 0.356 e. The van der Waals surface area contributed by atoms with E-state index in [0.29, 0.717) is 18.4 Å². The molecule has 7 heteroatoms. The summed E-state index contributed by atoms with van der Waals surface area (Å²) in [4.78, 5) is 21.1. The van der Waals surface area contributed by atoms with Crippen molar-refractivity contribution in [2.75, 3.05) is 4.90 Å². The fourth-order valence-electron chi connectivity index (χ4n) is 2.09. The SMILES string of the molecule is Cn1nccc1CN(c1cnc(C(=O)O)cn1)C1CC1. The third-order valence-corrected chi connectivity index (χ3v) is 3.39. The van der Waals surface area contributed by atoms with Gasteiger partial charge in [0, 0.05) is 19.3 Å². The fourth-order valence-corrected chi connectivity index (χ4v) is 2.09. The number of anilines is 1. The zero-order valence-corrected chi connectivity index (χ0v) is 11.1. The number of aromatic carboxylic acids is 1. The largest absolute Gasteiger partial charge is 0.476 e. The maximum atomic E-state index is 10.8. The van der Waals surface area contributed by atoms with Crippen molar-refractivity contribution in [3.05, 3.63) is 36.0 Å². The molecule has 1 saturated carbocycles. The van der Waals surface area contributed by atoms with E-state index >= 15 is 0 Å². The van der Waals surface area contributed by atoms with Gasteiger partial charge in [0.05, 0.1) is 24.6 Å². The van der Waals surface area contributed by atoms with Crippen LogP contribution in [0.4, 0.5) is 5.82 Å². The van der Waals surface area contributed by atoms with Gasteiger partial charge in [0.25, 0.3) is 0 Å². The second-order valence-corrected chi connectivity index (χ2v) is 4.87. The number of hydrogen-bond donors (Lipinski definition) is 1. The summed E-state index contributed by atoms with van der Waals surface area (Å²) in [7, 11) is 1.90. The molecule has 3 rings (SSSR count). The van der Waals surface area contributed by atoms with Crippen LogP contribution in [0.1, 0.15) is 29.0 Å². The van der Waals surface area contributed by atoms with Crippen LogP contribution in [0.3, 0.4) is 0 Å². The lowest BCUT2D eigenvalue weighted by Gasteiger charge is -2.23. The molecule has 0 aliphatic heterocycles. The summed E-state index contributed by atoms with van der Waals surface area (Å²) in [5, 5.41) is 13.0. The second kappa shape index (κ2) is 4.92. The molecule has 2 heterocycles. The van der Waals surface area contributed by atoms with Crippen molar-refractivity contribution in [1.82, 2.24) is 19.7 Å². The van der Waals surface area contributed by atoms with Crippen molar-refractivity contribution in [2.45, 2.75) is 25.4 Å². The van der Waals surface area contributed by atoms with Crippen molar-refractivity contribution in [3.63, 3.8) is 0 Å². The molecule has 2 aromatic heterocycles. The zero-order chi connectivity index (χ0) is 14.1. The number of carboxylic acid groups (broad SMARTS) is 1. The van der Waals surface area contributed by atoms with Crippen LogP contribution in [-0.2, 0) is 13.6 Å². The van der Waals surface area contributed by atoms with Crippen molar-refractivity contribution < 1.29 is 9.90 Å². The molecule has 104 valence electrons. The highest BCUT2D eigenvalue weighted by molar-refractivity contribution is 5.84. The number of carboxylic acids is 1. The lowest BCUT2D eigenvalue weighted by atomic mass is 10.3. The molecule has 0 spiro atoms. The van der Waals surface area contributed by atoms with E-state index in [4.69, 9.17) is 5.11 Å². The Morgan fingerprint density at radius 1 is 1.45 bits per heavy atom. The van der Waals surface area contributed by atoms with Gasteiger partial charge >= 0.3 is 5.97 Å². The summed E-state index contributed by atoms with van der Waals surface area (Å²) in [6.07, 6.45) is 6.84. The molecule has 1 N–H and O–H groups in total. The summed E-state index contributed by atoms with van der Waals surface area (Å²) in [5.74, 6) is -0.354. The third-order valence-electron chi connectivity index (χ3n) is 3.39. The Morgan fingerprint density at radius 2 is 2.25 bits per heavy atom. The van der Waals surface area contributed by atoms with E-state index in [1.165, 1.54) is 12.4 Å². The molecule has 0 radical (unpaired) electrons. The van der Waals surface area contributed by atoms with Gasteiger partial charge in [0.15, 0.2) is 5.69 Å². The molecular formula is C13H15N5O2. The lowest BCUT2D eigenvalue weighted by Crippen LogP contribution is -2.27. The van der Waals surface area contributed by atoms with Gasteiger partial charge in [0.2, 0.25) is 0 Å². The van der Waals surface area contributed by atoms with Crippen LogP contribution < -0.4 is 4.90 Å². The Bertz CT molecular complexity index is 618. The second-order valence-electron chi connectivity index (χ2n) is 4.87. The Kier molecular flexibility index (Phi) is 3.09. The number of carbonyl (C=O) groups is 1. The van der Waals surface area contributed by atoms with E-state index in [2.05, 4.69) is 20.0 Å². The molecule has 7 nitrogen and oxygen atoms in total. The molecule has 1 aliphatic carbocycles. The van der Waals surface area contributed by atoms with Crippen molar-refractivity contribution in [3.8, 4) is 0 Å². The summed E-state index contributed by atoms with van der Waals surface area (Å²) >= 11 is 0. The minimum absolute atomic E-state index is 0.0370. The van der Waals surface area contributed by atoms with Crippen LogP contribution in [0, 0.1) is 0 Å². The summed E-state index contributed by atoms with van der Waals surface area (Å²) < 4.78 is 1.83. The van der Waals surface area contributed by atoms with Gasteiger partial charge in [-0.3, -0.25) is 4.68 Å². The van der Waals surface area contributed by atoms with Gasteiger partial charge in [-0.15, -0.1) is 0 Å². The number of aryl methyl sites for hydroxylation is 1. The quantitative estimate of drug-likeness (QED) is 0.877. The highest BCUT2D eigenvalue weighted by atomic mass is 16.4. The van der Waals surface area contributed by atoms with Crippen LogP contribution in [0.25, 0.3) is 0 Å². The molecule has 1 fully saturated rings. The number of rotatable bonds is 5. The van der Waals surface area contributed by atoms with Crippen molar-refractivity contribution in [2.24, 2.45) is 7.05 Å². The molecule has 0 aromatic carbocycles. The molecule has 0 bridgehead atoms. The third kappa shape index (κ3) is 2.47. The van der Waals surface area contributed by atoms with Gasteiger partial charge in [-0.05, 0) is 18.9 Å². The predicted molar refractivity (Wildman–Crippen MR) is 71.4 cm³/mol. The molecule has 2 aromatic rings. The first-order valence-electron chi connectivity index (χ1n) is 6.44. The Balaban J connectivity index is 1.83. The van der Waals surface area contributed by atoms with Gasteiger partial charge in [-0.1, -0.05) is 0 Å². The summed E-state index contributed by atoms with van der Waals surface area (Å²) in [6, 6.07) is 2.42. The Hall–Kier alpha value is -2.44. The van der Waals surface area contributed by atoms with E-state index in [1.54, 1.807) is 6.20 Å². The average Bonchev–Trinajstić information content (AvgIpc) is 3.20. The van der Waals surface area contributed by atoms with Crippen LogP contribution in [-0.4, -0.2) is 36.9 Å². The minimum Gasteiger partial charge on any atom is -0.476 e. The van der Waals surface area contributed by atoms with Gasteiger partial charge in [0.1, 0.15) is 5.82 Å². The molecule has 0 unspecified atom stereocenters.